The SMILES string of the molecule is CCOc1cc(/C=C/C(=O)c2ccccc2[N+](=O)[O-])ccc1OC(F)F. The molecular weight excluding hydrogens is 348 g/mol. The number of allylic oxidation sites excluding steroid dienone is 1. The molecule has 136 valence electrons. The lowest BCUT2D eigenvalue weighted by Crippen LogP contribution is -2.04. The fraction of sp³-hybridized carbons (Fsp3) is 0.167. The van der Waals surface area contributed by atoms with E-state index >= 15 is 0 Å². The van der Waals surface area contributed by atoms with Crippen molar-refractivity contribution in [2.75, 3.05) is 6.61 Å². The van der Waals surface area contributed by atoms with E-state index in [9.17, 15) is 23.7 Å². The van der Waals surface area contributed by atoms with Gasteiger partial charge in [0.05, 0.1) is 17.1 Å². The van der Waals surface area contributed by atoms with Crippen LogP contribution >= 0.6 is 0 Å². The van der Waals surface area contributed by atoms with Gasteiger partial charge in [0.1, 0.15) is 0 Å². The molecule has 0 aliphatic carbocycles. The Morgan fingerprint density at radius 3 is 2.62 bits per heavy atom. The van der Waals surface area contributed by atoms with Crippen molar-refractivity contribution < 1.29 is 28.0 Å². The van der Waals surface area contributed by atoms with Crippen molar-refractivity contribution >= 4 is 17.5 Å². The zero-order valence-corrected chi connectivity index (χ0v) is 13.7. The number of halogens is 2. The Balaban J connectivity index is 2.26. The van der Waals surface area contributed by atoms with Crippen LogP contribution in [0.1, 0.15) is 22.8 Å². The molecule has 0 amide bonds. The summed E-state index contributed by atoms with van der Waals surface area (Å²) in [4.78, 5) is 22.6. The third kappa shape index (κ3) is 4.85. The summed E-state index contributed by atoms with van der Waals surface area (Å²) < 4.78 is 34.4. The molecule has 0 unspecified atom stereocenters. The number of rotatable bonds is 8. The number of nitro groups is 1. The van der Waals surface area contributed by atoms with Crippen LogP contribution in [-0.2, 0) is 0 Å². The molecule has 0 saturated carbocycles. The standard InChI is InChI=1S/C18H15F2NO5/c1-2-25-17-11-12(8-10-16(17)26-18(19)20)7-9-15(22)13-5-3-4-6-14(13)21(23)24/h3-11,18H,2H2,1H3/b9-7+. The maximum absolute atomic E-state index is 12.4. The molecule has 0 saturated heterocycles. The van der Waals surface area contributed by atoms with Gasteiger partial charge in [-0.25, -0.2) is 0 Å². The highest BCUT2D eigenvalue weighted by atomic mass is 19.3. The average molecular weight is 363 g/mol. The summed E-state index contributed by atoms with van der Waals surface area (Å²) in [6, 6.07) is 9.79. The number of alkyl halides is 2. The molecule has 26 heavy (non-hydrogen) atoms. The number of ether oxygens (including phenoxy) is 2. The Labute approximate surface area is 147 Å². The summed E-state index contributed by atoms with van der Waals surface area (Å²) in [6.45, 7) is -1.06. The van der Waals surface area contributed by atoms with Crippen LogP contribution in [0.4, 0.5) is 14.5 Å². The Morgan fingerprint density at radius 1 is 1.23 bits per heavy atom. The average Bonchev–Trinajstić information content (AvgIpc) is 2.61. The second-order valence-corrected chi connectivity index (χ2v) is 4.99. The van der Waals surface area contributed by atoms with Gasteiger partial charge in [0, 0.05) is 6.07 Å². The molecule has 0 atom stereocenters. The summed E-state index contributed by atoms with van der Waals surface area (Å²) in [6.07, 6.45) is 2.58. The second kappa shape index (κ2) is 8.70. The van der Waals surface area contributed by atoms with Gasteiger partial charge in [-0.3, -0.25) is 14.9 Å². The van der Waals surface area contributed by atoms with E-state index in [1.807, 2.05) is 0 Å². The first kappa shape index (κ1) is 19.0. The Kier molecular flexibility index (Phi) is 6.37. The first-order valence-electron chi connectivity index (χ1n) is 7.60. The predicted molar refractivity (Wildman–Crippen MR) is 90.7 cm³/mol. The minimum absolute atomic E-state index is 0.0450. The highest BCUT2D eigenvalue weighted by molar-refractivity contribution is 6.09. The molecule has 8 heteroatoms. The lowest BCUT2D eigenvalue weighted by atomic mass is 10.1. The normalized spacial score (nSPS) is 10.9. The van der Waals surface area contributed by atoms with Gasteiger partial charge in [0.25, 0.3) is 5.69 Å². The molecule has 0 N–H and O–H groups in total. The van der Waals surface area contributed by atoms with Gasteiger partial charge in [-0.05, 0) is 36.8 Å². The second-order valence-electron chi connectivity index (χ2n) is 4.99. The number of carbonyl (C=O) groups is 1. The zero-order chi connectivity index (χ0) is 19.1. The Hall–Kier alpha value is -3.29. The number of hydrogen-bond acceptors (Lipinski definition) is 5. The van der Waals surface area contributed by atoms with E-state index in [4.69, 9.17) is 4.74 Å². The topological polar surface area (TPSA) is 78.7 Å². The number of benzene rings is 2. The van der Waals surface area contributed by atoms with Crippen molar-refractivity contribution in [2.24, 2.45) is 0 Å². The van der Waals surface area contributed by atoms with Crippen LogP contribution < -0.4 is 9.47 Å². The van der Waals surface area contributed by atoms with Gasteiger partial charge in [0.15, 0.2) is 17.3 Å². The van der Waals surface area contributed by atoms with Gasteiger partial charge in [0.2, 0.25) is 0 Å². The molecule has 6 nitrogen and oxygen atoms in total. The largest absolute Gasteiger partial charge is 0.490 e. The number of carbonyl (C=O) groups excluding carboxylic acids is 1. The maximum atomic E-state index is 12.4. The van der Waals surface area contributed by atoms with Gasteiger partial charge in [-0.15, -0.1) is 0 Å². The quantitative estimate of drug-likeness (QED) is 0.299. The van der Waals surface area contributed by atoms with Crippen molar-refractivity contribution in [1.29, 1.82) is 0 Å². The Morgan fingerprint density at radius 2 is 1.96 bits per heavy atom. The molecule has 2 rings (SSSR count). The van der Waals surface area contributed by atoms with E-state index in [2.05, 4.69) is 4.74 Å². The number of para-hydroxylation sites is 1. The van der Waals surface area contributed by atoms with E-state index in [1.54, 1.807) is 6.92 Å². The third-order valence-electron chi connectivity index (χ3n) is 3.28. The van der Waals surface area contributed by atoms with Crippen LogP contribution in [0.25, 0.3) is 6.08 Å². The fourth-order valence-corrected chi connectivity index (χ4v) is 2.19. The first-order valence-corrected chi connectivity index (χ1v) is 7.60. The van der Waals surface area contributed by atoms with Crippen molar-refractivity contribution in [3.05, 3.63) is 69.8 Å². The van der Waals surface area contributed by atoms with Gasteiger partial charge in [-0.1, -0.05) is 24.3 Å². The lowest BCUT2D eigenvalue weighted by molar-refractivity contribution is -0.385. The van der Waals surface area contributed by atoms with Crippen LogP contribution in [0.2, 0.25) is 0 Å². The van der Waals surface area contributed by atoms with E-state index in [1.165, 1.54) is 54.6 Å². The third-order valence-corrected chi connectivity index (χ3v) is 3.28. The highest BCUT2D eigenvalue weighted by Crippen LogP contribution is 2.30. The molecule has 0 spiro atoms. The molecule has 0 heterocycles. The summed E-state index contributed by atoms with van der Waals surface area (Å²) in [7, 11) is 0. The van der Waals surface area contributed by atoms with Gasteiger partial charge in [-0.2, -0.15) is 8.78 Å². The van der Waals surface area contributed by atoms with Crippen molar-refractivity contribution in [3.8, 4) is 11.5 Å². The fourth-order valence-electron chi connectivity index (χ4n) is 2.19. The minimum atomic E-state index is -2.99. The molecule has 0 fully saturated rings. The van der Waals surface area contributed by atoms with Crippen LogP contribution in [0.5, 0.6) is 11.5 Å². The number of ketones is 1. The van der Waals surface area contributed by atoms with E-state index in [0.29, 0.717) is 5.56 Å². The van der Waals surface area contributed by atoms with Gasteiger partial charge < -0.3 is 9.47 Å². The van der Waals surface area contributed by atoms with Crippen molar-refractivity contribution in [1.82, 2.24) is 0 Å². The zero-order valence-electron chi connectivity index (χ0n) is 13.7. The van der Waals surface area contributed by atoms with Crippen molar-refractivity contribution in [3.63, 3.8) is 0 Å². The number of hydrogen-bond donors (Lipinski definition) is 0. The predicted octanol–water partition coefficient (Wildman–Crippen LogP) is 4.49. The van der Waals surface area contributed by atoms with Crippen LogP contribution in [0.15, 0.2) is 48.5 Å². The number of nitro benzene ring substituents is 1. The van der Waals surface area contributed by atoms with E-state index in [-0.39, 0.29) is 29.4 Å². The molecule has 0 aromatic heterocycles. The molecule has 0 aliphatic rings. The molecule has 0 bridgehead atoms. The molecule has 0 radical (unpaired) electrons. The minimum Gasteiger partial charge on any atom is -0.490 e. The Bertz CT molecular complexity index is 836. The molecule has 0 aliphatic heterocycles. The summed E-state index contributed by atoms with van der Waals surface area (Å²) in [5.74, 6) is -0.569. The maximum Gasteiger partial charge on any atom is 0.387 e. The monoisotopic (exact) mass is 363 g/mol. The lowest BCUT2D eigenvalue weighted by Gasteiger charge is -2.11. The van der Waals surface area contributed by atoms with Crippen molar-refractivity contribution in [2.45, 2.75) is 13.5 Å². The van der Waals surface area contributed by atoms with Crippen LogP contribution in [0, 0.1) is 10.1 Å². The van der Waals surface area contributed by atoms with Gasteiger partial charge >= 0.3 is 6.61 Å². The van der Waals surface area contributed by atoms with E-state index < -0.39 is 17.3 Å². The molecule has 2 aromatic carbocycles. The summed E-state index contributed by atoms with van der Waals surface area (Å²) >= 11 is 0. The summed E-state index contributed by atoms with van der Waals surface area (Å²) in [5, 5.41) is 11.0. The van der Waals surface area contributed by atoms with Crippen LogP contribution in [0.3, 0.4) is 0 Å². The smallest absolute Gasteiger partial charge is 0.387 e. The first-order chi connectivity index (χ1) is 12.4. The number of nitrogens with zero attached hydrogens (tertiary/aromatic N) is 1. The summed E-state index contributed by atoms with van der Waals surface area (Å²) in [5.41, 5.74) is 0.149. The van der Waals surface area contributed by atoms with Crippen LogP contribution in [-0.4, -0.2) is 23.9 Å². The molecule has 2 aromatic rings. The molecular formula is C18H15F2NO5. The van der Waals surface area contributed by atoms with E-state index in [0.717, 1.165) is 0 Å². The highest BCUT2D eigenvalue weighted by Gasteiger charge is 2.17.